The summed E-state index contributed by atoms with van der Waals surface area (Å²) in [6, 6.07) is 24.3. The minimum atomic E-state index is 0. The first-order valence-corrected chi connectivity index (χ1v) is 8.10. The Morgan fingerprint density at radius 3 is 0.774 bits per heavy atom. The van der Waals surface area contributed by atoms with E-state index < -0.39 is 0 Å². The Labute approximate surface area is 187 Å². The monoisotopic (exact) mass is 438 g/mol. The van der Waals surface area contributed by atoms with Gasteiger partial charge in [0, 0.05) is 36.4 Å². The van der Waals surface area contributed by atoms with E-state index in [1.54, 1.807) is 54.6 Å². The topological polar surface area (TPSA) is 184 Å². The quantitative estimate of drug-likeness (QED) is 0.241. The Bertz CT molecular complexity index is 832. The van der Waals surface area contributed by atoms with Crippen LogP contribution in [0.15, 0.2) is 107 Å². The van der Waals surface area contributed by atoms with Crippen molar-refractivity contribution in [3.05, 3.63) is 122 Å². The van der Waals surface area contributed by atoms with Gasteiger partial charge in [-0.1, -0.05) is 69.2 Å². The summed E-state index contributed by atoms with van der Waals surface area (Å²) in [4.78, 5) is 0.0833. The van der Waals surface area contributed by atoms with E-state index >= 15 is 0 Å². The van der Waals surface area contributed by atoms with Crippen LogP contribution in [0, 0.1) is 31.2 Å². The summed E-state index contributed by atoms with van der Waals surface area (Å²) in [5, 5.41) is 66.9. The molecule has 0 unspecified atom stereocenters. The number of rotatable bonds is 3. The van der Waals surface area contributed by atoms with Gasteiger partial charge in [-0.25, -0.2) is 0 Å². The second kappa shape index (κ2) is 15.7. The maximum Gasteiger partial charge on any atom is 3.00 e. The van der Waals surface area contributed by atoms with E-state index in [9.17, 15) is 31.2 Å². The molecule has 0 heterocycles. The number of para-hydroxylation sites is 3. The predicted octanol–water partition coefficient (Wildman–Crippen LogP) is 4.95. The van der Waals surface area contributed by atoms with E-state index in [1.165, 1.54) is 36.4 Å². The molecule has 0 fully saturated rings. The van der Waals surface area contributed by atoms with Crippen LogP contribution in [0.4, 0.5) is 17.1 Å². The summed E-state index contributed by atoms with van der Waals surface area (Å²) in [5.74, 6) is 0. The van der Waals surface area contributed by atoms with E-state index in [0.717, 1.165) is 0 Å². The third-order valence-electron chi connectivity index (χ3n) is 3.15. The van der Waals surface area contributed by atoms with Crippen LogP contribution in [0.3, 0.4) is 0 Å². The maximum atomic E-state index is 10.5. The van der Waals surface area contributed by atoms with Gasteiger partial charge in [-0.2, -0.15) is 0 Å². The minimum absolute atomic E-state index is 0. The maximum absolute atomic E-state index is 10.5. The van der Waals surface area contributed by atoms with Gasteiger partial charge in [0.2, 0.25) is 17.1 Å². The van der Waals surface area contributed by atoms with Crippen LogP contribution in [-0.2, 0) is 0 Å². The Morgan fingerprint density at radius 1 is 0.419 bits per heavy atom. The van der Waals surface area contributed by atoms with E-state index in [2.05, 4.69) is 15.8 Å². The zero-order valence-corrected chi connectivity index (χ0v) is 17.0. The molecule has 0 saturated carbocycles. The van der Waals surface area contributed by atoms with Crippen molar-refractivity contribution < 1.29 is 14.6 Å². The molecule has 0 N–H and O–H groups in total. The first kappa shape index (κ1) is 26.8. The minimum Gasteiger partial charge on any atom is -0.739 e. The van der Waals surface area contributed by atoms with E-state index in [1.807, 2.05) is 0 Å². The Balaban J connectivity index is 0.000000429. The van der Waals surface area contributed by atoms with Gasteiger partial charge in [-0.05, 0) is 15.8 Å². The van der Waals surface area contributed by atoms with Crippen molar-refractivity contribution in [2.75, 3.05) is 0 Å². The molecular weight excluding hydrogens is 423 g/mol. The molecule has 0 bridgehead atoms. The van der Waals surface area contributed by atoms with Gasteiger partial charge in [0.25, 0.3) is 0 Å². The first-order chi connectivity index (χ1) is 14.5. The van der Waals surface area contributed by atoms with Crippen molar-refractivity contribution in [2.24, 2.45) is 15.8 Å². The Hall–Kier alpha value is -4.21. The summed E-state index contributed by atoms with van der Waals surface area (Å²) < 4.78 is 0. The summed E-state index contributed by atoms with van der Waals surface area (Å²) in [6.07, 6.45) is 0. The predicted molar refractivity (Wildman–Crippen MR) is 112 cm³/mol. The van der Waals surface area contributed by atoms with E-state index in [4.69, 9.17) is 0 Å². The van der Waals surface area contributed by atoms with Gasteiger partial charge in [-0.15, -0.1) is 0 Å². The fourth-order valence-corrected chi connectivity index (χ4v) is 1.81. The van der Waals surface area contributed by atoms with Crippen LogP contribution in [-0.4, -0.2) is 31.9 Å². The SMILES string of the molecule is [Al+3].[O-]/N=[N+](/[O-])c1ccccc1.[O-]/N=[N+](/[O-])c1ccccc1.[O-]/N=[N+](/[O-])c1ccccc1. The van der Waals surface area contributed by atoms with Crippen molar-refractivity contribution in [2.45, 2.75) is 0 Å². The molecule has 31 heavy (non-hydrogen) atoms. The average Bonchev–Trinajstić information content (AvgIpc) is 2.85. The van der Waals surface area contributed by atoms with Crippen molar-refractivity contribution in [3.8, 4) is 0 Å². The molecule has 3 aromatic carbocycles. The average molecular weight is 438 g/mol. The second-order valence-electron chi connectivity index (χ2n) is 5.07. The zero-order valence-electron chi connectivity index (χ0n) is 15.9. The Morgan fingerprint density at radius 2 is 0.613 bits per heavy atom. The van der Waals surface area contributed by atoms with Gasteiger partial charge in [0.15, 0.2) is 0 Å². The molecule has 3 aromatic rings. The van der Waals surface area contributed by atoms with Crippen molar-refractivity contribution in [1.29, 1.82) is 0 Å². The number of nitrogens with zero attached hydrogens (tertiary/aromatic N) is 6. The van der Waals surface area contributed by atoms with Crippen molar-refractivity contribution in [1.82, 2.24) is 0 Å². The van der Waals surface area contributed by atoms with Gasteiger partial charge in [-0.3, -0.25) is 0 Å². The number of hydrogen-bond acceptors (Lipinski definition) is 9. The van der Waals surface area contributed by atoms with Crippen LogP contribution < -0.4 is 0 Å². The molecule has 0 aromatic heterocycles. The Kier molecular flexibility index (Phi) is 13.6. The summed E-state index contributed by atoms with van der Waals surface area (Å²) in [6.45, 7) is 0. The van der Waals surface area contributed by atoms with Crippen LogP contribution in [0.5, 0.6) is 0 Å². The molecule has 0 aliphatic carbocycles. The van der Waals surface area contributed by atoms with Crippen molar-refractivity contribution in [3.63, 3.8) is 0 Å². The number of hydrogen-bond donors (Lipinski definition) is 0. The standard InChI is InChI=1S/3C6H6N2O2.Al/c3*9-7-8(10)6-4-2-1-3-5-6;/h3*1-5,9H;/q;;;+3/p-3/b3*8-7+;. The fourth-order valence-electron chi connectivity index (χ4n) is 1.81. The third kappa shape index (κ3) is 10.2. The zero-order chi connectivity index (χ0) is 22.2. The van der Waals surface area contributed by atoms with Gasteiger partial charge in [0.05, 0.1) is 0 Å². The third-order valence-corrected chi connectivity index (χ3v) is 3.15. The van der Waals surface area contributed by atoms with Crippen LogP contribution in [0.2, 0.25) is 0 Å². The molecule has 0 amide bonds. The molecule has 0 radical (unpaired) electrons. The first-order valence-electron chi connectivity index (χ1n) is 8.10. The summed E-state index contributed by atoms with van der Waals surface area (Å²) >= 11 is 0. The molecule has 156 valence electrons. The van der Waals surface area contributed by atoms with E-state index in [-0.39, 0.29) is 49.0 Å². The summed E-state index contributed by atoms with van der Waals surface area (Å²) in [5.41, 5.74) is 0.743. The van der Waals surface area contributed by atoms with Crippen LogP contribution in [0.25, 0.3) is 0 Å². The van der Waals surface area contributed by atoms with E-state index in [0.29, 0.717) is 0 Å². The van der Waals surface area contributed by atoms with Gasteiger partial charge < -0.3 is 31.2 Å². The fraction of sp³-hybridized carbons (Fsp3) is 0. The van der Waals surface area contributed by atoms with Crippen molar-refractivity contribution >= 4 is 34.4 Å². The normalized spacial score (nSPS) is 11.0. The molecular formula is C18H15AlN6O6. The molecule has 12 nitrogen and oxygen atoms in total. The second-order valence-corrected chi connectivity index (χ2v) is 5.07. The van der Waals surface area contributed by atoms with Crippen LogP contribution in [0.1, 0.15) is 0 Å². The molecule has 3 rings (SSSR count). The molecule has 0 spiro atoms. The molecule has 0 atom stereocenters. The largest absolute Gasteiger partial charge is 3.00 e. The van der Waals surface area contributed by atoms with Crippen LogP contribution >= 0.6 is 0 Å². The summed E-state index contributed by atoms with van der Waals surface area (Å²) in [7, 11) is 0. The number of benzene rings is 3. The van der Waals surface area contributed by atoms with Gasteiger partial charge in [0.1, 0.15) is 0 Å². The van der Waals surface area contributed by atoms with Gasteiger partial charge >= 0.3 is 17.4 Å². The molecule has 0 aliphatic heterocycles. The smallest absolute Gasteiger partial charge is 0.739 e. The molecule has 0 saturated heterocycles. The molecule has 0 aliphatic rings. The molecule has 13 heteroatoms.